The second-order valence-electron chi connectivity index (χ2n) is 5.66. The summed E-state index contributed by atoms with van der Waals surface area (Å²) in [6.07, 6.45) is 0.735. The van der Waals surface area contributed by atoms with Crippen LogP contribution in [0.25, 0.3) is 0 Å². The molecule has 1 N–H and O–H groups in total. The first-order valence-electron chi connectivity index (χ1n) is 8.11. The summed E-state index contributed by atoms with van der Waals surface area (Å²) in [5.74, 6) is -1.27. The molecule has 2 rings (SSSR count). The zero-order valence-electron chi connectivity index (χ0n) is 14.7. The van der Waals surface area contributed by atoms with E-state index in [1.165, 1.54) is 24.3 Å². The molecule has 0 bridgehead atoms. The lowest BCUT2D eigenvalue weighted by molar-refractivity contribution is -0.119. The summed E-state index contributed by atoms with van der Waals surface area (Å²) in [5.41, 5.74) is -1.78. The molecule has 4 nitrogen and oxygen atoms in total. The monoisotopic (exact) mass is 397 g/mol. The third-order valence-corrected chi connectivity index (χ3v) is 4.40. The van der Waals surface area contributed by atoms with Crippen molar-refractivity contribution in [2.24, 2.45) is 0 Å². The molecular formula is C19H18F3NO3S. The fourth-order valence-corrected chi connectivity index (χ4v) is 2.92. The van der Waals surface area contributed by atoms with Gasteiger partial charge in [-0.3, -0.25) is 4.79 Å². The first-order valence-corrected chi connectivity index (χ1v) is 8.92. The molecule has 2 aromatic rings. The van der Waals surface area contributed by atoms with Crippen LogP contribution in [-0.2, 0) is 16.0 Å². The van der Waals surface area contributed by atoms with Crippen molar-refractivity contribution in [3.63, 3.8) is 0 Å². The van der Waals surface area contributed by atoms with Crippen LogP contribution in [0.5, 0.6) is 0 Å². The van der Waals surface area contributed by atoms with Crippen LogP contribution in [-0.4, -0.2) is 24.0 Å². The van der Waals surface area contributed by atoms with E-state index in [-0.39, 0.29) is 22.2 Å². The second kappa shape index (κ2) is 8.94. The lowest BCUT2D eigenvalue weighted by atomic mass is 10.1. The Morgan fingerprint density at radius 1 is 1.11 bits per heavy atom. The van der Waals surface area contributed by atoms with Crippen LogP contribution < -0.4 is 5.32 Å². The summed E-state index contributed by atoms with van der Waals surface area (Å²) in [5, 5.41) is 2.73. The topological polar surface area (TPSA) is 55.4 Å². The Bertz CT molecular complexity index is 820. The van der Waals surface area contributed by atoms with Crippen LogP contribution >= 0.6 is 11.8 Å². The maximum atomic E-state index is 12.3. The Labute approximate surface area is 159 Å². The lowest BCUT2D eigenvalue weighted by Gasteiger charge is -2.13. The maximum absolute atomic E-state index is 12.3. The second-order valence-corrected chi connectivity index (χ2v) is 6.80. The summed E-state index contributed by atoms with van der Waals surface area (Å²) in [7, 11) is 0. The van der Waals surface area contributed by atoms with Gasteiger partial charge in [-0.15, -0.1) is 0 Å². The Kier molecular flexibility index (Phi) is 6.90. The number of amides is 1. The predicted molar refractivity (Wildman–Crippen MR) is 97.8 cm³/mol. The number of halogens is 3. The fourth-order valence-electron chi connectivity index (χ4n) is 2.38. The number of nitrogens with one attached hydrogen (secondary N) is 1. The van der Waals surface area contributed by atoms with Crippen molar-refractivity contribution in [3.8, 4) is 0 Å². The highest BCUT2D eigenvalue weighted by Crippen LogP contribution is 2.36. The molecular weight excluding hydrogens is 379 g/mol. The van der Waals surface area contributed by atoms with E-state index in [9.17, 15) is 22.8 Å². The Morgan fingerprint density at radius 2 is 1.78 bits per heavy atom. The average molecular weight is 397 g/mol. The summed E-state index contributed by atoms with van der Waals surface area (Å²) < 4.78 is 41.8. The summed E-state index contributed by atoms with van der Waals surface area (Å²) in [4.78, 5) is 24.0. The van der Waals surface area contributed by atoms with E-state index in [1.54, 1.807) is 0 Å². The van der Waals surface area contributed by atoms with Crippen molar-refractivity contribution >= 4 is 29.3 Å². The highest BCUT2D eigenvalue weighted by Gasteiger charge is 2.29. The normalized spacial score (nSPS) is 11.1. The van der Waals surface area contributed by atoms with E-state index in [2.05, 4.69) is 5.32 Å². The molecule has 0 radical (unpaired) electrons. The van der Waals surface area contributed by atoms with Gasteiger partial charge in [0.25, 0.3) is 5.91 Å². The van der Waals surface area contributed by atoms with Crippen molar-refractivity contribution in [2.45, 2.75) is 30.7 Å². The SMILES string of the molecule is CCc1cccc(C)c1NC(=O)COC(=O)c1ccc(SC(F)(F)F)cc1. The van der Waals surface area contributed by atoms with E-state index in [4.69, 9.17) is 4.74 Å². The van der Waals surface area contributed by atoms with Gasteiger partial charge in [-0.05, 0) is 60.5 Å². The Hall–Kier alpha value is -2.48. The standard InChI is InChI=1S/C19H18F3NO3S/c1-3-13-6-4-5-12(2)17(13)23-16(24)11-26-18(25)14-7-9-15(10-8-14)27-19(20,21)22/h4-10H,3,11H2,1-2H3,(H,23,24). The van der Waals surface area contributed by atoms with Gasteiger partial charge >= 0.3 is 11.5 Å². The van der Waals surface area contributed by atoms with E-state index in [1.807, 2.05) is 32.0 Å². The molecule has 0 aromatic heterocycles. The van der Waals surface area contributed by atoms with Gasteiger partial charge in [0.1, 0.15) is 0 Å². The van der Waals surface area contributed by atoms with Gasteiger partial charge < -0.3 is 10.1 Å². The molecule has 0 spiro atoms. The number of anilines is 1. The number of carbonyl (C=O) groups excluding carboxylic acids is 2. The molecule has 144 valence electrons. The molecule has 0 heterocycles. The molecule has 0 aliphatic carbocycles. The number of aryl methyl sites for hydroxylation is 2. The number of alkyl halides is 3. The third-order valence-electron chi connectivity index (χ3n) is 3.66. The first kappa shape index (κ1) is 20.8. The van der Waals surface area contributed by atoms with Crippen LogP contribution in [0.15, 0.2) is 47.4 Å². The largest absolute Gasteiger partial charge is 0.452 e. The van der Waals surface area contributed by atoms with E-state index in [0.29, 0.717) is 5.69 Å². The van der Waals surface area contributed by atoms with Gasteiger partial charge in [0.05, 0.1) is 5.56 Å². The molecule has 8 heteroatoms. The van der Waals surface area contributed by atoms with E-state index < -0.39 is 24.0 Å². The van der Waals surface area contributed by atoms with Crippen LogP contribution in [0.4, 0.5) is 18.9 Å². The lowest BCUT2D eigenvalue weighted by Crippen LogP contribution is -2.22. The highest BCUT2D eigenvalue weighted by atomic mass is 32.2. The number of carbonyl (C=O) groups is 2. The molecule has 0 saturated heterocycles. The van der Waals surface area contributed by atoms with Gasteiger partial charge in [0.15, 0.2) is 6.61 Å². The first-order chi connectivity index (χ1) is 12.7. The van der Waals surface area contributed by atoms with Crippen LogP contribution in [0.1, 0.15) is 28.4 Å². The summed E-state index contributed by atoms with van der Waals surface area (Å²) >= 11 is -0.271. The minimum Gasteiger partial charge on any atom is -0.452 e. The zero-order chi connectivity index (χ0) is 20.0. The number of para-hydroxylation sites is 1. The number of hydrogen-bond acceptors (Lipinski definition) is 4. The van der Waals surface area contributed by atoms with Gasteiger partial charge in [0.2, 0.25) is 0 Å². The van der Waals surface area contributed by atoms with Crippen molar-refractivity contribution in [1.29, 1.82) is 0 Å². The fraction of sp³-hybridized carbons (Fsp3) is 0.263. The number of thioether (sulfide) groups is 1. The van der Waals surface area contributed by atoms with Gasteiger partial charge in [-0.1, -0.05) is 25.1 Å². The van der Waals surface area contributed by atoms with Gasteiger partial charge in [0, 0.05) is 10.6 Å². The van der Waals surface area contributed by atoms with Crippen molar-refractivity contribution < 1.29 is 27.5 Å². The molecule has 0 fully saturated rings. The van der Waals surface area contributed by atoms with Crippen molar-refractivity contribution in [1.82, 2.24) is 0 Å². The van der Waals surface area contributed by atoms with Gasteiger partial charge in [-0.25, -0.2) is 4.79 Å². The Balaban J connectivity index is 1.93. The molecule has 0 saturated carbocycles. The number of benzene rings is 2. The summed E-state index contributed by atoms with van der Waals surface area (Å²) in [6, 6.07) is 10.5. The minimum atomic E-state index is -4.40. The highest BCUT2D eigenvalue weighted by molar-refractivity contribution is 8.00. The number of hydrogen-bond donors (Lipinski definition) is 1. The number of ether oxygens (including phenoxy) is 1. The zero-order valence-corrected chi connectivity index (χ0v) is 15.5. The van der Waals surface area contributed by atoms with Crippen molar-refractivity contribution in [2.75, 3.05) is 11.9 Å². The predicted octanol–water partition coefficient (Wildman–Crippen LogP) is 4.96. The quantitative estimate of drug-likeness (QED) is 0.553. The number of rotatable bonds is 6. The minimum absolute atomic E-state index is 0.0385. The van der Waals surface area contributed by atoms with E-state index in [0.717, 1.165) is 17.5 Å². The molecule has 1 amide bonds. The molecule has 0 unspecified atom stereocenters. The van der Waals surface area contributed by atoms with Crippen molar-refractivity contribution in [3.05, 3.63) is 59.2 Å². The third kappa shape index (κ3) is 6.32. The Morgan fingerprint density at radius 3 is 2.37 bits per heavy atom. The molecule has 27 heavy (non-hydrogen) atoms. The van der Waals surface area contributed by atoms with Crippen LogP contribution in [0.3, 0.4) is 0 Å². The van der Waals surface area contributed by atoms with Crippen LogP contribution in [0.2, 0.25) is 0 Å². The van der Waals surface area contributed by atoms with E-state index >= 15 is 0 Å². The average Bonchev–Trinajstić information content (AvgIpc) is 2.60. The molecule has 2 aromatic carbocycles. The summed E-state index contributed by atoms with van der Waals surface area (Å²) in [6.45, 7) is 3.34. The molecule has 0 aliphatic rings. The molecule has 0 aliphatic heterocycles. The molecule has 0 atom stereocenters. The number of esters is 1. The smallest absolute Gasteiger partial charge is 0.446 e. The maximum Gasteiger partial charge on any atom is 0.446 e. The van der Waals surface area contributed by atoms with Crippen LogP contribution in [0, 0.1) is 6.92 Å². The van der Waals surface area contributed by atoms with Gasteiger partial charge in [-0.2, -0.15) is 13.2 Å².